The number of carbonyl (C=O) groups is 1. The van der Waals surface area contributed by atoms with Gasteiger partial charge in [0.15, 0.2) is 17.6 Å². The number of ether oxygens (including phenoxy) is 2. The lowest BCUT2D eigenvalue weighted by molar-refractivity contribution is -0.140. The van der Waals surface area contributed by atoms with Gasteiger partial charge in [-0.2, -0.15) is 0 Å². The van der Waals surface area contributed by atoms with Crippen LogP contribution in [0.4, 0.5) is 0 Å². The van der Waals surface area contributed by atoms with Crippen LogP contribution in [0.2, 0.25) is 0 Å². The molecule has 0 aromatic rings. The van der Waals surface area contributed by atoms with Gasteiger partial charge >= 0.3 is 0 Å². The molecule has 2 aliphatic heterocycles. The molecule has 3 fully saturated rings. The van der Waals surface area contributed by atoms with E-state index in [0.717, 1.165) is 0 Å². The van der Waals surface area contributed by atoms with E-state index in [-0.39, 0.29) is 41.4 Å². The minimum absolute atomic E-state index is 0.0326. The van der Waals surface area contributed by atoms with Crippen molar-refractivity contribution in [2.45, 2.75) is 25.0 Å². The lowest BCUT2D eigenvalue weighted by atomic mass is 9.48. The Labute approximate surface area is 138 Å². The summed E-state index contributed by atoms with van der Waals surface area (Å²) in [5.74, 6) is -2.95. The van der Waals surface area contributed by atoms with Crippen molar-refractivity contribution in [1.82, 2.24) is 4.90 Å². The molecule has 2 bridgehead atoms. The second kappa shape index (κ2) is 4.05. The normalized spacial score (nSPS) is 57.0. The van der Waals surface area contributed by atoms with Crippen molar-refractivity contribution in [3.63, 3.8) is 0 Å². The number of ketones is 1. The van der Waals surface area contributed by atoms with Crippen LogP contribution in [0.3, 0.4) is 0 Å². The lowest BCUT2D eigenvalue weighted by Crippen LogP contribution is -2.64. The zero-order valence-corrected chi connectivity index (χ0v) is 12.3. The molecule has 4 nitrogen and oxygen atoms in total. The Hall–Kier alpha value is -1.55. The summed E-state index contributed by atoms with van der Waals surface area (Å²) in [6, 6.07) is -0.443. The number of nitrogens with zero attached hydrogens (tertiary/aromatic N) is 1. The summed E-state index contributed by atoms with van der Waals surface area (Å²) in [6.07, 6.45) is 3.46. The Kier molecular flexibility index (Phi) is 1.53. The van der Waals surface area contributed by atoms with E-state index in [9.17, 15) is 6.17 Å². The quantitative estimate of drug-likeness (QED) is 0.742. The van der Waals surface area contributed by atoms with Crippen LogP contribution in [0.5, 0.6) is 0 Å². The van der Waals surface area contributed by atoms with Crippen molar-refractivity contribution in [1.29, 1.82) is 0 Å². The van der Waals surface area contributed by atoms with Crippen molar-refractivity contribution in [2.24, 2.45) is 23.1 Å². The summed E-state index contributed by atoms with van der Waals surface area (Å²) in [5, 5.41) is 0. The second-order valence-corrected chi connectivity index (χ2v) is 6.86. The first-order valence-electron chi connectivity index (χ1n) is 10.7. The van der Waals surface area contributed by atoms with Gasteiger partial charge in [0.2, 0.25) is 0 Å². The van der Waals surface area contributed by atoms with Crippen LogP contribution < -0.4 is 0 Å². The molecule has 2 unspecified atom stereocenters. The van der Waals surface area contributed by atoms with Crippen LogP contribution in [0, 0.1) is 23.1 Å². The Morgan fingerprint density at radius 2 is 2.55 bits per heavy atom. The van der Waals surface area contributed by atoms with Crippen molar-refractivity contribution in [3.05, 3.63) is 35.8 Å². The van der Waals surface area contributed by atoms with Crippen LogP contribution >= 0.6 is 0 Å². The maximum atomic E-state index is 12.8. The van der Waals surface area contributed by atoms with E-state index in [4.69, 9.17) is 16.3 Å². The molecule has 22 heavy (non-hydrogen) atoms. The van der Waals surface area contributed by atoms with Gasteiger partial charge in [0.05, 0.1) is 13.9 Å². The molecule has 0 aromatic carbocycles. The SMILES string of the molecule is [2H]C1=C([2H])C2C[C@@H]3[C@@H]4C=CC(=O)[C@@H]5OC(=C1OC([2H])([2H])[2H])C2([2H])[C@@]54CCN3C. The average molecular weight is 305 g/mol. The average Bonchev–Trinajstić information content (AvgIpc) is 2.88. The maximum Gasteiger partial charge on any atom is 0.196 e. The number of likely N-dealkylation sites (tertiary alicyclic amines) is 1. The Morgan fingerprint density at radius 1 is 1.64 bits per heavy atom. The molecule has 116 valence electrons. The molecule has 0 aromatic heterocycles. The highest BCUT2D eigenvalue weighted by molar-refractivity contribution is 5.96. The molecule has 1 saturated carbocycles. The van der Waals surface area contributed by atoms with Crippen LogP contribution in [0.1, 0.15) is 21.1 Å². The largest absolute Gasteiger partial charge is 0.493 e. The van der Waals surface area contributed by atoms with E-state index in [1.54, 1.807) is 0 Å². The molecular formula is C18H21NO3. The highest BCUT2D eigenvalue weighted by Gasteiger charge is 2.69. The van der Waals surface area contributed by atoms with E-state index >= 15 is 0 Å². The standard InChI is InChI=1S/C18H21NO3/c1-19-8-7-18-11-4-5-13(20)17(18)22-16-14(21-2)6-3-10(15(16)18)9-12(11)19/h3-6,10-12,15,17H,7-9H2,1-2H3/t10?,11-,12+,15?,17-,18-/m0/s1/i2D3,3D,6D,15D. The molecule has 6 atom stereocenters. The van der Waals surface area contributed by atoms with Crippen LogP contribution in [0.15, 0.2) is 35.8 Å². The highest BCUT2D eigenvalue weighted by atomic mass is 16.5. The molecule has 4 heteroatoms. The third-order valence-electron chi connectivity index (χ3n) is 6.12. The minimum atomic E-state index is -2.85. The van der Waals surface area contributed by atoms with Gasteiger partial charge in [-0.15, -0.1) is 0 Å². The molecule has 5 rings (SSSR count). The van der Waals surface area contributed by atoms with Crippen molar-refractivity contribution in [2.75, 3.05) is 20.6 Å². The van der Waals surface area contributed by atoms with E-state index < -0.39 is 30.4 Å². The summed E-state index contributed by atoms with van der Waals surface area (Å²) < 4.78 is 59.9. The van der Waals surface area contributed by atoms with E-state index in [1.165, 1.54) is 6.08 Å². The molecule has 3 aliphatic carbocycles. The number of hydrogen-bond acceptors (Lipinski definition) is 4. The second-order valence-electron chi connectivity index (χ2n) is 6.86. The van der Waals surface area contributed by atoms with E-state index in [1.807, 2.05) is 13.1 Å². The summed E-state index contributed by atoms with van der Waals surface area (Å²) in [6.45, 7) is 0.684. The van der Waals surface area contributed by atoms with E-state index in [0.29, 0.717) is 19.4 Å². The third-order valence-corrected chi connectivity index (χ3v) is 6.12. The van der Waals surface area contributed by atoms with Crippen molar-refractivity contribution in [3.8, 4) is 0 Å². The van der Waals surface area contributed by atoms with Crippen LogP contribution in [0.25, 0.3) is 0 Å². The Bertz CT molecular complexity index is 879. The number of piperidine rings is 1. The molecule has 0 amide bonds. The number of allylic oxidation sites excluding steroid dienone is 3. The number of hydrogen-bond donors (Lipinski definition) is 0. The fraction of sp³-hybridized carbons (Fsp3) is 0.611. The van der Waals surface area contributed by atoms with Gasteiger partial charge in [-0.25, -0.2) is 0 Å². The van der Waals surface area contributed by atoms with Gasteiger partial charge in [0.25, 0.3) is 0 Å². The predicted molar refractivity (Wildman–Crippen MR) is 80.8 cm³/mol. The Morgan fingerprint density at radius 3 is 3.41 bits per heavy atom. The number of carbonyl (C=O) groups excluding carboxylic acids is 1. The van der Waals surface area contributed by atoms with Gasteiger partial charge in [-0.3, -0.25) is 4.79 Å². The van der Waals surface area contributed by atoms with Gasteiger partial charge in [0.1, 0.15) is 5.76 Å². The first-order valence-corrected chi connectivity index (χ1v) is 7.73. The fourth-order valence-electron chi connectivity index (χ4n) is 5.23. The third kappa shape index (κ3) is 1.27. The summed E-state index contributed by atoms with van der Waals surface area (Å²) in [7, 11) is -0.847. The van der Waals surface area contributed by atoms with Gasteiger partial charge in [0, 0.05) is 24.6 Å². The molecule has 2 saturated heterocycles. The lowest BCUT2D eigenvalue weighted by Gasteiger charge is -2.59. The molecule has 2 heterocycles. The monoisotopic (exact) mass is 305 g/mol. The van der Waals surface area contributed by atoms with Gasteiger partial charge < -0.3 is 14.4 Å². The Balaban J connectivity index is 1.79. The fourth-order valence-corrected chi connectivity index (χ4v) is 5.23. The zero-order chi connectivity index (χ0) is 20.2. The highest BCUT2D eigenvalue weighted by Crippen LogP contribution is 2.66. The summed E-state index contributed by atoms with van der Waals surface area (Å²) in [5.41, 5.74) is -0.884. The molecule has 0 radical (unpaired) electrons. The number of methoxy groups -OCH3 is 1. The number of rotatable bonds is 1. The summed E-state index contributed by atoms with van der Waals surface area (Å²) >= 11 is 0. The minimum Gasteiger partial charge on any atom is -0.493 e. The van der Waals surface area contributed by atoms with Gasteiger partial charge in [-0.1, -0.05) is 12.1 Å². The van der Waals surface area contributed by atoms with Crippen LogP contribution in [-0.4, -0.2) is 43.5 Å². The topological polar surface area (TPSA) is 38.8 Å². The molecular weight excluding hydrogens is 278 g/mol. The summed E-state index contributed by atoms with van der Waals surface area (Å²) in [4.78, 5) is 15.0. The zero-order valence-electron chi connectivity index (χ0n) is 18.3. The first kappa shape index (κ1) is 8.34. The van der Waals surface area contributed by atoms with E-state index in [2.05, 4.69) is 4.90 Å². The first-order chi connectivity index (χ1) is 13.0. The molecule has 0 N–H and O–H groups in total. The van der Waals surface area contributed by atoms with Crippen molar-refractivity contribution < 1.29 is 22.5 Å². The van der Waals surface area contributed by atoms with Gasteiger partial charge in [-0.05, 0) is 44.5 Å². The molecule has 1 spiro atoms. The smallest absolute Gasteiger partial charge is 0.196 e. The predicted octanol–water partition coefficient (Wildman–Crippen LogP) is 1.89. The van der Waals surface area contributed by atoms with Crippen molar-refractivity contribution >= 4 is 5.78 Å². The van der Waals surface area contributed by atoms with Crippen LogP contribution in [-0.2, 0) is 14.3 Å². The maximum absolute atomic E-state index is 12.8. The molecule has 5 aliphatic rings.